The molecule has 0 bridgehead atoms. The first kappa shape index (κ1) is 11.0. The Hall–Kier alpha value is -1.11. The summed E-state index contributed by atoms with van der Waals surface area (Å²) < 4.78 is 37.1. The second-order valence-corrected chi connectivity index (χ2v) is 3.14. The molecule has 1 N–H and O–H groups in total. The van der Waals surface area contributed by atoms with Crippen molar-refractivity contribution < 1.29 is 23.1 Å². The van der Waals surface area contributed by atoms with Gasteiger partial charge in [-0.15, -0.1) is 0 Å². The Balaban J connectivity index is 3.41. The highest BCUT2D eigenvalue weighted by Gasteiger charge is 2.24. The number of carboxylic acid groups (broad SMARTS) is 1. The second-order valence-electron chi connectivity index (χ2n) is 2.29. The molecular weight excluding hydrogens is 267 g/mol. The van der Waals surface area contributed by atoms with Crippen LogP contribution in [0.2, 0.25) is 0 Å². The van der Waals surface area contributed by atoms with Crippen molar-refractivity contribution in [1.82, 2.24) is 4.98 Å². The zero-order chi connectivity index (χ0) is 10.9. The zero-order valence-corrected chi connectivity index (χ0v) is 8.06. The van der Waals surface area contributed by atoms with Crippen molar-refractivity contribution in [1.29, 1.82) is 0 Å². The summed E-state index contributed by atoms with van der Waals surface area (Å²) in [5.41, 5.74) is -2.00. The van der Waals surface area contributed by atoms with Crippen LogP contribution in [0.4, 0.5) is 13.2 Å². The number of carboxylic acids is 1. The summed E-state index contributed by atoms with van der Waals surface area (Å²) in [7, 11) is 0. The average Bonchev–Trinajstić information content (AvgIpc) is 2.02. The van der Waals surface area contributed by atoms with E-state index in [9.17, 15) is 18.0 Å². The van der Waals surface area contributed by atoms with Crippen LogP contribution in [0.25, 0.3) is 0 Å². The van der Waals surface area contributed by atoms with Gasteiger partial charge in [0.05, 0.1) is 4.47 Å². The van der Waals surface area contributed by atoms with E-state index < -0.39 is 29.5 Å². The minimum Gasteiger partial charge on any atom is -0.478 e. The summed E-state index contributed by atoms with van der Waals surface area (Å²) in [6.45, 7) is 0. The lowest BCUT2D eigenvalue weighted by molar-refractivity contribution is 0.0688. The Morgan fingerprint density at radius 1 is 1.57 bits per heavy atom. The number of halogens is 4. The largest absolute Gasteiger partial charge is 0.478 e. The molecule has 0 saturated carbocycles. The smallest absolute Gasteiger partial charge is 0.339 e. The minimum atomic E-state index is -3.14. The van der Waals surface area contributed by atoms with Crippen molar-refractivity contribution >= 4 is 21.9 Å². The topological polar surface area (TPSA) is 50.2 Å². The number of carbonyl (C=O) groups is 1. The quantitative estimate of drug-likeness (QED) is 0.898. The molecule has 1 rings (SSSR count). The standard InChI is InChI=1S/C7H3BrF3NO2/c8-2-1-12-5(6(10)11)4(9)3(2)7(13)14/h1,6H,(H,13,14). The summed E-state index contributed by atoms with van der Waals surface area (Å²) in [4.78, 5) is 13.6. The van der Waals surface area contributed by atoms with Gasteiger partial charge >= 0.3 is 5.97 Å². The number of alkyl halides is 2. The van der Waals surface area contributed by atoms with Crippen molar-refractivity contribution in [2.45, 2.75) is 6.43 Å². The Bertz CT molecular complexity index is 383. The highest BCUT2D eigenvalue weighted by molar-refractivity contribution is 9.10. The molecule has 0 amide bonds. The maximum absolute atomic E-state index is 13.1. The van der Waals surface area contributed by atoms with Gasteiger partial charge in [-0.3, -0.25) is 4.98 Å². The Labute approximate surface area is 84.7 Å². The minimum absolute atomic E-state index is 0.174. The van der Waals surface area contributed by atoms with Crippen LogP contribution < -0.4 is 0 Å². The number of pyridine rings is 1. The van der Waals surface area contributed by atoms with E-state index in [4.69, 9.17) is 5.11 Å². The van der Waals surface area contributed by atoms with Gasteiger partial charge in [-0.1, -0.05) is 0 Å². The molecule has 14 heavy (non-hydrogen) atoms. The van der Waals surface area contributed by atoms with Crippen molar-refractivity contribution in [3.05, 3.63) is 27.7 Å². The Kier molecular flexibility index (Phi) is 3.10. The van der Waals surface area contributed by atoms with E-state index in [1.54, 1.807) is 0 Å². The second kappa shape index (κ2) is 3.95. The van der Waals surface area contributed by atoms with Crippen LogP contribution in [0.15, 0.2) is 10.7 Å². The first-order chi connectivity index (χ1) is 6.45. The Morgan fingerprint density at radius 3 is 2.57 bits per heavy atom. The van der Waals surface area contributed by atoms with E-state index in [2.05, 4.69) is 20.9 Å². The third-order valence-corrected chi connectivity index (χ3v) is 2.02. The summed E-state index contributed by atoms with van der Waals surface area (Å²) in [6, 6.07) is 0. The summed E-state index contributed by atoms with van der Waals surface area (Å²) in [5, 5.41) is 8.51. The Morgan fingerprint density at radius 2 is 2.14 bits per heavy atom. The highest BCUT2D eigenvalue weighted by atomic mass is 79.9. The van der Waals surface area contributed by atoms with Gasteiger partial charge in [0.25, 0.3) is 6.43 Å². The first-order valence-corrected chi connectivity index (χ1v) is 4.09. The predicted octanol–water partition coefficient (Wildman–Crippen LogP) is 2.62. The highest BCUT2D eigenvalue weighted by Crippen LogP contribution is 2.26. The normalized spacial score (nSPS) is 10.6. The fourth-order valence-corrected chi connectivity index (χ4v) is 1.27. The number of hydrogen-bond acceptors (Lipinski definition) is 2. The van der Waals surface area contributed by atoms with Gasteiger partial charge in [0.2, 0.25) is 0 Å². The molecule has 0 radical (unpaired) electrons. The SMILES string of the molecule is O=C(O)c1c(Br)cnc(C(F)F)c1F. The molecular formula is C7H3BrF3NO2. The van der Waals surface area contributed by atoms with E-state index in [-0.39, 0.29) is 4.47 Å². The number of aromatic nitrogens is 1. The molecule has 0 spiro atoms. The van der Waals surface area contributed by atoms with Gasteiger partial charge in [0.1, 0.15) is 11.3 Å². The van der Waals surface area contributed by atoms with Crippen molar-refractivity contribution in [2.75, 3.05) is 0 Å². The first-order valence-electron chi connectivity index (χ1n) is 3.30. The number of aromatic carboxylic acids is 1. The molecule has 0 aliphatic carbocycles. The van der Waals surface area contributed by atoms with Crippen LogP contribution >= 0.6 is 15.9 Å². The molecule has 0 aliphatic heterocycles. The molecule has 3 nitrogen and oxygen atoms in total. The molecule has 1 aromatic rings. The van der Waals surface area contributed by atoms with Crippen LogP contribution in [0.1, 0.15) is 22.5 Å². The molecule has 1 aromatic heterocycles. The third-order valence-electron chi connectivity index (χ3n) is 1.42. The molecule has 0 unspecified atom stereocenters. The van der Waals surface area contributed by atoms with Gasteiger partial charge in [-0.25, -0.2) is 18.0 Å². The fraction of sp³-hybridized carbons (Fsp3) is 0.143. The molecule has 0 fully saturated rings. The lowest BCUT2D eigenvalue weighted by Crippen LogP contribution is -2.07. The molecule has 0 aromatic carbocycles. The van der Waals surface area contributed by atoms with Gasteiger partial charge in [-0.2, -0.15) is 0 Å². The summed E-state index contributed by atoms with van der Waals surface area (Å²) >= 11 is 2.70. The molecule has 76 valence electrons. The lowest BCUT2D eigenvalue weighted by Gasteiger charge is -2.04. The van der Waals surface area contributed by atoms with Crippen LogP contribution in [0.3, 0.4) is 0 Å². The average molecular weight is 270 g/mol. The monoisotopic (exact) mass is 269 g/mol. The van der Waals surface area contributed by atoms with E-state index >= 15 is 0 Å². The maximum atomic E-state index is 13.1. The fourth-order valence-electron chi connectivity index (χ4n) is 0.829. The van der Waals surface area contributed by atoms with Crippen LogP contribution in [-0.4, -0.2) is 16.1 Å². The zero-order valence-electron chi connectivity index (χ0n) is 6.47. The molecule has 7 heteroatoms. The van der Waals surface area contributed by atoms with Gasteiger partial charge in [0.15, 0.2) is 5.82 Å². The van der Waals surface area contributed by atoms with E-state index in [0.717, 1.165) is 6.20 Å². The summed E-state index contributed by atoms with van der Waals surface area (Å²) in [5.74, 6) is -3.14. The number of rotatable bonds is 2. The van der Waals surface area contributed by atoms with Gasteiger partial charge < -0.3 is 5.11 Å². The van der Waals surface area contributed by atoms with Gasteiger partial charge in [-0.05, 0) is 15.9 Å². The van der Waals surface area contributed by atoms with Gasteiger partial charge in [0, 0.05) is 6.20 Å². The third kappa shape index (κ3) is 1.87. The van der Waals surface area contributed by atoms with Crippen molar-refractivity contribution in [3.8, 4) is 0 Å². The molecule has 1 heterocycles. The van der Waals surface area contributed by atoms with Crippen LogP contribution in [0, 0.1) is 5.82 Å². The van der Waals surface area contributed by atoms with Crippen molar-refractivity contribution in [3.63, 3.8) is 0 Å². The van der Waals surface area contributed by atoms with E-state index in [1.807, 2.05) is 0 Å². The van der Waals surface area contributed by atoms with Crippen molar-refractivity contribution in [2.24, 2.45) is 0 Å². The maximum Gasteiger partial charge on any atom is 0.339 e. The summed E-state index contributed by atoms with van der Waals surface area (Å²) in [6.07, 6.45) is -2.31. The van der Waals surface area contributed by atoms with Crippen LogP contribution in [0.5, 0.6) is 0 Å². The number of nitrogens with zero attached hydrogens (tertiary/aromatic N) is 1. The lowest BCUT2D eigenvalue weighted by atomic mass is 10.2. The molecule has 0 saturated heterocycles. The predicted molar refractivity (Wildman–Crippen MR) is 43.8 cm³/mol. The number of hydrogen-bond donors (Lipinski definition) is 1. The van der Waals surface area contributed by atoms with Crippen LogP contribution in [-0.2, 0) is 0 Å². The molecule has 0 aliphatic rings. The van der Waals surface area contributed by atoms with E-state index in [1.165, 1.54) is 0 Å². The van der Waals surface area contributed by atoms with E-state index in [0.29, 0.717) is 0 Å². The molecule has 0 atom stereocenters.